The predicted molar refractivity (Wildman–Crippen MR) is 145 cm³/mol. The molecule has 0 bridgehead atoms. The zero-order valence-corrected chi connectivity index (χ0v) is 21.3. The van der Waals surface area contributed by atoms with E-state index in [1.54, 1.807) is 18.3 Å². The Morgan fingerprint density at radius 2 is 1.78 bits per heavy atom. The Balaban J connectivity index is 1.67. The van der Waals surface area contributed by atoms with Crippen LogP contribution in [0.3, 0.4) is 0 Å². The summed E-state index contributed by atoms with van der Waals surface area (Å²) in [6.07, 6.45) is 4.88. The minimum absolute atomic E-state index is 0.246. The van der Waals surface area contributed by atoms with E-state index >= 15 is 0 Å². The van der Waals surface area contributed by atoms with Crippen LogP contribution in [-0.4, -0.2) is 36.4 Å². The molecule has 3 heterocycles. The van der Waals surface area contributed by atoms with Crippen LogP contribution in [0, 0.1) is 0 Å². The van der Waals surface area contributed by atoms with Gasteiger partial charge in [0.2, 0.25) is 10.0 Å². The summed E-state index contributed by atoms with van der Waals surface area (Å²) in [6.45, 7) is 0. The highest BCUT2D eigenvalue weighted by molar-refractivity contribution is 7.92. The molecule has 2 aromatic heterocycles. The van der Waals surface area contributed by atoms with Gasteiger partial charge in [0.1, 0.15) is 11.8 Å². The molecule has 0 amide bonds. The Morgan fingerprint density at radius 3 is 2.47 bits per heavy atom. The quantitative estimate of drug-likeness (QED) is 0.349. The SMILES string of the molecule is COc1ccc(N2C(=S)N[C@@H](c3ccccn3)[C@@H]2c2cccn2-c2ccccc2)cc1NS(C)(=O)=O. The van der Waals surface area contributed by atoms with Crippen LogP contribution in [0.4, 0.5) is 11.4 Å². The Labute approximate surface area is 215 Å². The maximum Gasteiger partial charge on any atom is 0.229 e. The lowest BCUT2D eigenvalue weighted by Gasteiger charge is -2.29. The van der Waals surface area contributed by atoms with Gasteiger partial charge in [-0.3, -0.25) is 9.71 Å². The summed E-state index contributed by atoms with van der Waals surface area (Å²) in [4.78, 5) is 6.61. The average molecular weight is 520 g/mol. The van der Waals surface area contributed by atoms with Crippen LogP contribution in [-0.2, 0) is 10.0 Å². The molecule has 1 aliphatic rings. The largest absolute Gasteiger partial charge is 0.495 e. The van der Waals surface area contributed by atoms with Gasteiger partial charge in [-0.05, 0) is 66.8 Å². The van der Waals surface area contributed by atoms with Crippen LogP contribution < -0.4 is 19.7 Å². The lowest BCUT2D eigenvalue weighted by molar-refractivity contribution is 0.417. The lowest BCUT2D eigenvalue weighted by Crippen LogP contribution is -2.30. The third kappa shape index (κ3) is 4.65. The standard InChI is InChI=1S/C26H25N5O3S2/c1-34-23-14-13-19(17-21(23)29-36(2,32)33)31-25(24(28-26(31)35)20-11-6-7-15-27-20)22-12-8-16-30(22)18-9-4-3-5-10-18/h3-17,24-25,29H,1-2H3,(H,28,35)/t24-,25-/m0/s1. The molecule has 36 heavy (non-hydrogen) atoms. The highest BCUT2D eigenvalue weighted by atomic mass is 32.2. The third-order valence-corrected chi connectivity index (χ3v) is 6.88. The molecular formula is C26H25N5O3S2. The van der Waals surface area contributed by atoms with E-state index in [1.165, 1.54) is 7.11 Å². The topological polar surface area (TPSA) is 88.5 Å². The Hall–Kier alpha value is -3.89. The third-order valence-electron chi connectivity index (χ3n) is 5.97. The van der Waals surface area contributed by atoms with Crippen LogP contribution in [0.5, 0.6) is 5.75 Å². The number of rotatable bonds is 7. The van der Waals surface area contributed by atoms with Crippen molar-refractivity contribution in [3.63, 3.8) is 0 Å². The van der Waals surface area contributed by atoms with Gasteiger partial charge in [0.25, 0.3) is 0 Å². The number of nitrogens with one attached hydrogen (secondary N) is 2. The Bertz CT molecular complexity index is 1490. The van der Waals surface area contributed by atoms with Gasteiger partial charge >= 0.3 is 0 Å². The van der Waals surface area contributed by atoms with E-state index in [-0.39, 0.29) is 12.1 Å². The van der Waals surface area contributed by atoms with E-state index in [9.17, 15) is 8.42 Å². The van der Waals surface area contributed by atoms with Crippen molar-refractivity contribution in [2.45, 2.75) is 12.1 Å². The van der Waals surface area contributed by atoms with Gasteiger partial charge in [0.05, 0.1) is 30.8 Å². The first-order valence-corrected chi connectivity index (χ1v) is 13.5. The predicted octanol–water partition coefficient (Wildman–Crippen LogP) is 4.43. The van der Waals surface area contributed by atoms with Crippen LogP contribution >= 0.6 is 12.2 Å². The molecule has 0 spiro atoms. The van der Waals surface area contributed by atoms with E-state index in [0.29, 0.717) is 22.2 Å². The molecule has 8 nitrogen and oxygen atoms in total. The number of methoxy groups -OCH3 is 1. The van der Waals surface area contributed by atoms with Gasteiger partial charge in [-0.25, -0.2) is 8.42 Å². The molecule has 2 atom stereocenters. The second-order valence-electron chi connectivity index (χ2n) is 8.39. The maximum atomic E-state index is 12.0. The molecule has 0 aliphatic carbocycles. The summed E-state index contributed by atoms with van der Waals surface area (Å²) < 4.78 is 34.1. The molecule has 0 radical (unpaired) electrons. The van der Waals surface area contributed by atoms with Crippen molar-refractivity contribution in [2.24, 2.45) is 0 Å². The van der Waals surface area contributed by atoms with Crippen molar-refractivity contribution in [3.05, 3.63) is 103 Å². The Morgan fingerprint density at radius 1 is 1.00 bits per heavy atom. The van der Waals surface area contributed by atoms with Crippen molar-refractivity contribution < 1.29 is 13.2 Å². The highest BCUT2D eigenvalue weighted by Gasteiger charge is 2.42. The van der Waals surface area contributed by atoms with E-state index in [2.05, 4.69) is 25.7 Å². The smallest absolute Gasteiger partial charge is 0.229 e. The molecule has 2 N–H and O–H groups in total. The van der Waals surface area contributed by atoms with Gasteiger partial charge in [-0.1, -0.05) is 24.3 Å². The molecule has 1 fully saturated rings. The molecule has 4 aromatic rings. The number of para-hydroxylation sites is 1. The highest BCUT2D eigenvalue weighted by Crippen LogP contribution is 2.43. The number of pyridine rings is 1. The van der Waals surface area contributed by atoms with E-state index in [4.69, 9.17) is 17.0 Å². The van der Waals surface area contributed by atoms with Crippen molar-refractivity contribution in [2.75, 3.05) is 23.0 Å². The van der Waals surface area contributed by atoms with Gasteiger partial charge < -0.3 is 19.5 Å². The van der Waals surface area contributed by atoms with E-state index in [1.807, 2.05) is 71.8 Å². The van der Waals surface area contributed by atoms with Crippen LogP contribution in [0.2, 0.25) is 0 Å². The van der Waals surface area contributed by atoms with Gasteiger partial charge in [0, 0.05) is 29.5 Å². The van der Waals surface area contributed by atoms with Gasteiger partial charge in [-0.2, -0.15) is 0 Å². The number of sulfonamides is 1. The fraction of sp³-hybridized carbons (Fsp3) is 0.154. The Kier molecular flexibility index (Phi) is 6.38. The summed E-state index contributed by atoms with van der Waals surface area (Å²) in [5.41, 5.74) is 3.90. The first-order valence-electron chi connectivity index (χ1n) is 11.2. The number of thiocarbonyl (C=S) groups is 1. The normalized spacial score (nSPS) is 17.6. The summed E-state index contributed by atoms with van der Waals surface area (Å²) in [7, 11) is -2.03. The number of hydrogen-bond acceptors (Lipinski definition) is 5. The number of benzene rings is 2. The molecule has 184 valence electrons. The molecule has 5 rings (SSSR count). The zero-order chi connectivity index (χ0) is 25.3. The first kappa shape index (κ1) is 23.8. The second-order valence-corrected chi connectivity index (χ2v) is 10.5. The van der Waals surface area contributed by atoms with Crippen LogP contribution in [0.25, 0.3) is 5.69 Å². The summed E-state index contributed by atoms with van der Waals surface area (Å²) >= 11 is 5.83. The fourth-order valence-electron chi connectivity index (χ4n) is 4.52. The van der Waals surface area contributed by atoms with Crippen molar-refractivity contribution in [3.8, 4) is 11.4 Å². The second kappa shape index (κ2) is 9.63. The minimum atomic E-state index is -3.53. The number of aromatic nitrogens is 2. The number of hydrogen-bond donors (Lipinski definition) is 2. The van der Waals surface area contributed by atoms with Crippen LogP contribution in [0.15, 0.2) is 91.3 Å². The molecule has 2 aromatic carbocycles. The number of nitrogens with zero attached hydrogens (tertiary/aromatic N) is 3. The molecule has 0 unspecified atom stereocenters. The summed E-state index contributed by atoms with van der Waals surface area (Å²) in [5.74, 6) is 0.410. The summed E-state index contributed by atoms with van der Waals surface area (Å²) in [6, 6.07) is 24.7. The molecule has 10 heteroatoms. The van der Waals surface area contributed by atoms with E-state index < -0.39 is 10.0 Å². The van der Waals surface area contributed by atoms with Crippen molar-refractivity contribution in [1.29, 1.82) is 0 Å². The number of ether oxygens (including phenoxy) is 1. The van der Waals surface area contributed by atoms with Gasteiger partial charge in [0.15, 0.2) is 5.11 Å². The van der Waals surface area contributed by atoms with Crippen molar-refractivity contribution >= 4 is 38.7 Å². The van der Waals surface area contributed by atoms with Crippen molar-refractivity contribution in [1.82, 2.24) is 14.9 Å². The van der Waals surface area contributed by atoms with Gasteiger partial charge in [-0.15, -0.1) is 0 Å². The van der Waals surface area contributed by atoms with E-state index in [0.717, 1.165) is 23.3 Å². The molecular weight excluding hydrogens is 494 g/mol. The maximum absolute atomic E-state index is 12.0. The first-order chi connectivity index (χ1) is 17.4. The average Bonchev–Trinajstić information content (AvgIpc) is 3.48. The number of anilines is 2. The monoisotopic (exact) mass is 519 g/mol. The molecule has 1 saturated heterocycles. The van der Waals surface area contributed by atoms with Crippen LogP contribution in [0.1, 0.15) is 23.5 Å². The molecule has 1 aliphatic heterocycles. The zero-order valence-electron chi connectivity index (χ0n) is 19.7. The fourth-order valence-corrected chi connectivity index (χ4v) is 5.42. The minimum Gasteiger partial charge on any atom is -0.495 e. The summed E-state index contributed by atoms with van der Waals surface area (Å²) in [5, 5.41) is 3.95. The lowest BCUT2D eigenvalue weighted by atomic mass is 10.0. The molecule has 0 saturated carbocycles.